The van der Waals surface area contributed by atoms with E-state index in [9.17, 15) is 23.2 Å². The summed E-state index contributed by atoms with van der Waals surface area (Å²) < 4.78 is 26.5. The van der Waals surface area contributed by atoms with Gasteiger partial charge in [-0.3, -0.25) is 14.4 Å². The fourth-order valence-electron chi connectivity index (χ4n) is 2.62. The van der Waals surface area contributed by atoms with Crippen LogP contribution in [0.3, 0.4) is 0 Å². The van der Waals surface area contributed by atoms with Gasteiger partial charge in [-0.15, -0.1) is 0 Å². The van der Waals surface area contributed by atoms with Crippen molar-refractivity contribution in [3.8, 4) is 0 Å². The minimum Gasteiger partial charge on any atom is -0.344 e. The van der Waals surface area contributed by atoms with Crippen LogP contribution in [0.1, 0.15) is 30.9 Å². The highest BCUT2D eigenvalue weighted by atomic mass is 19.1. The lowest BCUT2D eigenvalue weighted by Crippen LogP contribution is -2.44. The number of benzene rings is 1. The highest BCUT2D eigenvalue weighted by molar-refractivity contribution is 5.96. The number of halogens is 2. The molecule has 2 N–H and O–H groups in total. The summed E-state index contributed by atoms with van der Waals surface area (Å²) >= 11 is 0. The average molecular weight is 400 g/mol. The van der Waals surface area contributed by atoms with Crippen LogP contribution >= 0.6 is 0 Å². The Labute approximate surface area is 167 Å². The Morgan fingerprint density at radius 3 is 2.52 bits per heavy atom. The Bertz CT molecular complexity index is 878. The fraction of sp³-hybridized carbons (Fsp3) is 0.238. The molecule has 0 aliphatic carbocycles. The molecule has 2 rings (SSSR count). The molecule has 0 aliphatic rings. The number of aromatic nitrogens is 1. The van der Waals surface area contributed by atoms with E-state index in [4.69, 9.17) is 0 Å². The third-order valence-corrected chi connectivity index (χ3v) is 3.90. The van der Waals surface area contributed by atoms with E-state index in [0.29, 0.717) is 18.4 Å². The van der Waals surface area contributed by atoms with Gasteiger partial charge in [-0.25, -0.2) is 13.8 Å². The SMILES string of the molecule is CCCC(NC(=O)Cc1cc(F)cc(F)c1)C(=O)Nc1ccc(C=C[C]=O)cn1. The zero-order valence-electron chi connectivity index (χ0n) is 15.7. The second kappa shape index (κ2) is 10.8. The summed E-state index contributed by atoms with van der Waals surface area (Å²) in [5, 5.41) is 5.20. The molecule has 1 heterocycles. The maximum atomic E-state index is 13.3. The van der Waals surface area contributed by atoms with Crippen molar-refractivity contribution >= 4 is 30.0 Å². The van der Waals surface area contributed by atoms with Crippen LogP contribution in [0, 0.1) is 11.6 Å². The average Bonchev–Trinajstić information content (AvgIpc) is 2.66. The predicted octanol–water partition coefficient (Wildman–Crippen LogP) is 2.95. The number of amides is 2. The van der Waals surface area contributed by atoms with Crippen molar-refractivity contribution in [2.75, 3.05) is 5.32 Å². The first-order chi connectivity index (χ1) is 13.9. The molecule has 0 spiro atoms. The van der Waals surface area contributed by atoms with Gasteiger partial charge in [-0.2, -0.15) is 0 Å². The van der Waals surface area contributed by atoms with E-state index in [2.05, 4.69) is 15.6 Å². The first-order valence-corrected chi connectivity index (χ1v) is 8.96. The van der Waals surface area contributed by atoms with Crippen molar-refractivity contribution < 1.29 is 23.2 Å². The molecule has 0 saturated heterocycles. The smallest absolute Gasteiger partial charge is 0.248 e. The Hall–Kier alpha value is -3.42. The summed E-state index contributed by atoms with van der Waals surface area (Å²) in [4.78, 5) is 39.0. The molecular weight excluding hydrogens is 380 g/mol. The summed E-state index contributed by atoms with van der Waals surface area (Å²) in [5.74, 6) is -2.24. The van der Waals surface area contributed by atoms with E-state index in [1.165, 1.54) is 18.3 Å². The molecule has 0 fully saturated rings. The van der Waals surface area contributed by atoms with Crippen molar-refractivity contribution in [1.29, 1.82) is 0 Å². The number of pyridine rings is 1. The zero-order chi connectivity index (χ0) is 21.2. The lowest BCUT2D eigenvalue weighted by Gasteiger charge is -2.17. The van der Waals surface area contributed by atoms with Crippen molar-refractivity contribution in [1.82, 2.24) is 10.3 Å². The van der Waals surface area contributed by atoms with E-state index >= 15 is 0 Å². The van der Waals surface area contributed by atoms with Crippen molar-refractivity contribution in [3.63, 3.8) is 0 Å². The van der Waals surface area contributed by atoms with Gasteiger partial charge in [0, 0.05) is 12.3 Å². The fourth-order valence-corrected chi connectivity index (χ4v) is 2.62. The highest BCUT2D eigenvalue weighted by Crippen LogP contribution is 2.11. The Morgan fingerprint density at radius 2 is 1.93 bits per heavy atom. The number of carbonyl (C=O) groups is 2. The van der Waals surface area contributed by atoms with Gasteiger partial charge in [0.1, 0.15) is 23.5 Å². The first kappa shape index (κ1) is 21.9. The number of carbonyl (C=O) groups excluding carboxylic acids is 3. The molecule has 8 heteroatoms. The number of rotatable bonds is 9. The molecule has 151 valence electrons. The molecule has 6 nitrogen and oxygen atoms in total. The molecule has 1 atom stereocenters. The standard InChI is InChI=1S/C21H20F2N3O3/c1-2-4-18(25-20(28)11-15-9-16(22)12-17(23)10-15)21(29)26-19-7-6-14(13-24-19)5-3-8-27/h3,5-7,9-10,12-13,18H,2,4,11H2,1H3,(H,25,28)(H,24,26,29). The van der Waals surface area contributed by atoms with Gasteiger partial charge in [0.25, 0.3) is 0 Å². The van der Waals surface area contributed by atoms with Crippen LogP contribution in [0.4, 0.5) is 14.6 Å². The molecule has 0 bridgehead atoms. The van der Waals surface area contributed by atoms with Gasteiger partial charge < -0.3 is 10.6 Å². The topological polar surface area (TPSA) is 88.2 Å². The van der Waals surface area contributed by atoms with Gasteiger partial charge in [0.2, 0.25) is 18.1 Å². The molecule has 0 saturated carbocycles. The number of hydrogen-bond acceptors (Lipinski definition) is 4. The molecule has 1 unspecified atom stereocenters. The minimum atomic E-state index is -0.822. The Morgan fingerprint density at radius 1 is 1.21 bits per heavy atom. The summed E-state index contributed by atoms with van der Waals surface area (Å²) in [6, 6.07) is 5.25. The van der Waals surface area contributed by atoms with Gasteiger partial charge >= 0.3 is 0 Å². The number of nitrogens with one attached hydrogen (secondary N) is 2. The maximum absolute atomic E-state index is 13.3. The van der Waals surface area contributed by atoms with E-state index < -0.39 is 29.5 Å². The predicted molar refractivity (Wildman–Crippen MR) is 104 cm³/mol. The molecule has 2 amide bonds. The maximum Gasteiger partial charge on any atom is 0.248 e. The van der Waals surface area contributed by atoms with E-state index in [1.807, 2.05) is 6.92 Å². The van der Waals surface area contributed by atoms with Gasteiger partial charge in [0.05, 0.1) is 6.42 Å². The third kappa shape index (κ3) is 7.25. The van der Waals surface area contributed by atoms with Gasteiger partial charge in [0.15, 0.2) is 0 Å². The molecular formula is C21H20F2N3O3. The molecule has 1 aromatic carbocycles. The summed E-state index contributed by atoms with van der Waals surface area (Å²) in [7, 11) is 0. The third-order valence-electron chi connectivity index (χ3n) is 3.90. The lowest BCUT2D eigenvalue weighted by molar-refractivity contribution is -0.126. The molecule has 29 heavy (non-hydrogen) atoms. The van der Waals surface area contributed by atoms with Crippen LogP contribution in [-0.2, 0) is 20.8 Å². The van der Waals surface area contributed by atoms with E-state index in [1.54, 1.807) is 18.4 Å². The van der Waals surface area contributed by atoms with Crippen LogP contribution in [0.2, 0.25) is 0 Å². The number of anilines is 1. The van der Waals surface area contributed by atoms with Crippen LogP contribution in [-0.4, -0.2) is 29.1 Å². The lowest BCUT2D eigenvalue weighted by atomic mass is 10.1. The van der Waals surface area contributed by atoms with Crippen molar-refractivity contribution in [3.05, 3.63) is 65.4 Å². The van der Waals surface area contributed by atoms with E-state index in [-0.39, 0.29) is 17.8 Å². The second-order valence-electron chi connectivity index (χ2n) is 6.28. The van der Waals surface area contributed by atoms with Crippen LogP contribution in [0.5, 0.6) is 0 Å². The number of hydrogen-bond donors (Lipinski definition) is 2. The van der Waals surface area contributed by atoms with Crippen LogP contribution < -0.4 is 10.6 Å². The quantitative estimate of drug-likeness (QED) is 0.634. The van der Waals surface area contributed by atoms with Crippen molar-refractivity contribution in [2.45, 2.75) is 32.2 Å². The number of nitrogens with zero attached hydrogens (tertiary/aromatic N) is 1. The first-order valence-electron chi connectivity index (χ1n) is 8.96. The molecule has 1 aromatic heterocycles. The monoisotopic (exact) mass is 400 g/mol. The normalized spacial score (nSPS) is 11.8. The van der Waals surface area contributed by atoms with Crippen LogP contribution in [0.25, 0.3) is 6.08 Å². The molecule has 1 radical (unpaired) electrons. The largest absolute Gasteiger partial charge is 0.344 e. The van der Waals surface area contributed by atoms with E-state index in [0.717, 1.165) is 18.2 Å². The zero-order valence-corrected chi connectivity index (χ0v) is 15.7. The molecule has 0 aliphatic heterocycles. The van der Waals surface area contributed by atoms with Gasteiger partial charge in [-0.1, -0.05) is 13.3 Å². The van der Waals surface area contributed by atoms with Gasteiger partial charge in [-0.05, 0) is 54.0 Å². The molecule has 2 aromatic rings. The number of allylic oxidation sites excluding steroid dienone is 1. The minimum absolute atomic E-state index is 0.175. The highest BCUT2D eigenvalue weighted by Gasteiger charge is 2.20. The Kier molecular flexibility index (Phi) is 8.14. The summed E-state index contributed by atoms with van der Waals surface area (Å²) in [5.41, 5.74) is 0.834. The summed E-state index contributed by atoms with van der Waals surface area (Å²) in [6.07, 6.45) is 6.56. The van der Waals surface area contributed by atoms with Crippen LogP contribution in [0.15, 0.2) is 42.6 Å². The Balaban J connectivity index is 2.00. The second-order valence-corrected chi connectivity index (χ2v) is 6.28. The summed E-state index contributed by atoms with van der Waals surface area (Å²) in [6.45, 7) is 1.86. The van der Waals surface area contributed by atoms with Crippen molar-refractivity contribution in [2.24, 2.45) is 0 Å².